The van der Waals surface area contributed by atoms with Crippen molar-refractivity contribution in [2.45, 2.75) is 6.92 Å². The molecule has 0 unspecified atom stereocenters. The molecule has 2 aromatic heterocycles. The molecule has 5 nitrogen and oxygen atoms in total. The van der Waals surface area contributed by atoms with Gasteiger partial charge >= 0.3 is 0 Å². The highest BCUT2D eigenvalue weighted by molar-refractivity contribution is 7.15. The molecule has 15 heavy (non-hydrogen) atoms. The van der Waals surface area contributed by atoms with E-state index in [-0.39, 0.29) is 10.9 Å². The van der Waals surface area contributed by atoms with Gasteiger partial charge in [0.1, 0.15) is 0 Å². The van der Waals surface area contributed by atoms with Crippen molar-refractivity contribution < 1.29 is 4.92 Å². The van der Waals surface area contributed by atoms with Crippen LogP contribution in [0.15, 0.2) is 17.3 Å². The Bertz CT molecular complexity index is 557. The first kappa shape index (κ1) is 10.1. The van der Waals surface area contributed by atoms with E-state index in [4.69, 9.17) is 11.6 Å². The van der Waals surface area contributed by atoms with E-state index in [0.717, 1.165) is 4.96 Å². The molecule has 0 amide bonds. The molecule has 0 saturated carbocycles. The summed E-state index contributed by atoms with van der Waals surface area (Å²) >= 11 is 7.29. The number of imidazole rings is 1. The summed E-state index contributed by atoms with van der Waals surface area (Å²) in [7, 11) is 0. The summed E-state index contributed by atoms with van der Waals surface area (Å²) in [6.07, 6.45) is 3.19. The Morgan fingerprint density at radius 2 is 2.53 bits per heavy atom. The fourth-order valence-electron chi connectivity index (χ4n) is 1.16. The Balaban J connectivity index is 2.60. The minimum absolute atomic E-state index is 0.0323. The standard InChI is InChI=1S/C8H6ClN3O2S/c1-5(12(13)14)4-6-7(9)10-8-11(6)2-3-15-8/h2-4H,1H3/b5-4-. The van der Waals surface area contributed by atoms with Gasteiger partial charge in [-0.25, -0.2) is 4.98 Å². The maximum atomic E-state index is 10.5. The van der Waals surface area contributed by atoms with Gasteiger partial charge in [-0.2, -0.15) is 0 Å². The highest BCUT2D eigenvalue weighted by Gasteiger charge is 2.12. The maximum Gasteiger partial charge on any atom is 0.245 e. The summed E-state index contributed by atoms with van der Waals surface area (Å²) in [6, 6.07) is 0. The molecule has 0 radical (unpaired) electrons. The van der Waals surface area contributed by atoms with Crippen LogP contribution in [0.1, 0.15) is 12.6 Å². The molecule has 0 aromatic carbocycles. The number of halogens is 1. The third kappa shape index (κ3) is 1.73. The minimum Gasteiger partial charge on any atom is -0.289 e. The van der Waals surface area contributed by atoms with E-state index >= 15 is 0 Å². The van der Waals surface area contributed by atoms with Crippen molar-refractivity contribution in [3.63, 3.8) is 0 Å². The lowest BCUT2D eigenvalue weighted by Crippen LogP contribution is -1.94. The van der Waals surface area contributed by atoms with Crippen molar-refractivity contribution in [1.82, 2.24) is 9.38 Å². The number of rotatable bonds is 2. The van der Waals surface area contributed by atoms with Crippen LogP contribution in [0.3, 0.4) is 0 Å². The molecular formula is C8H6ClN3O2S. The van der Waals surface area contributed by atoms with Gasteiger partial charge in [-0.05, 0) is 0 Å². The molecule has 78 valence electrons. The molecule has 2 heterocycles. The van der Waals surface area contributed by atoms with Gasteiger partial charge in [0.2, 0.25) is 5.70 Å². The number of hydrogen-bond donors (Lipinski definition) is 0. The summed E-state index contributed by atoms with van der Waals surface area (Å²) in [5.41, 5.74) is 0.576. The zero-order valence-electron chi connectivity index (χ0n) is 7.68. The van der Waals surface area contributed by atoms with Crippen molar-refractivity contribution in [3.8, 4) is 0 Å². The number of allylic oxidation sites excluding steroid dienone is 1. The Hall–Kier alpha value is -1.40. The van der Waals surface area contributed by atoms with Crippen LogP contribution in [0.4, 0.5) is 0 Å². The second-order valence-electron chi connectivity index (χ2n) is 2.89. The van der Waals surface area contributed by atoms with Crippen molar-refractivity contribution >= 4 is 34.0 Å². The van der Waals surface area contributed by atoms with Crippen LogP contribution in [0.5, 0.6) is 0 Å². The minimum atomic E-state index is -0.456. The van der Waals surface area contributed by atoms with Crippen molar-refractivity contribution in [1.29, 1.82) is 0 Å². The lowest BCUT2D eigenvalue weighted by molar-refractivity contribution is -0.422. The molecule has 2 rings (SSSR count). The first-order chi connectivity index (χ1) is 7.09. The van der Waals surface area contributed by atoms with Crippen LogP contribution < -0.4 is 0 Å². The Kier molecular flexibility index (Phi) is 2.45. The largest absolute Gasteiger partial charge is 0.289 e. The molecule has 0 aliphatic carbocycles. The summed E-state index contributed by atoms with van der Waals surface area (Å²) < 4.78 is 1.72. The van der Waals surface area contributed by atoms with Gasteiger partial charge in [0.05, 0.1) is 10.6 Å². The van der Waals surface area contributed by atoms with Gasteiger partial charge in [0.25, 0.3) is 0 Å². The second-order valence-corrected chi connectivity index (χ2v) is 4.12. The van der Waals surface area contributed by atoms with E-state index in [1.165, 1.54) is 24.3 Å². The second kappa shape index (κ2) is 3.63. The quantitative estimate of drug-likeness (QED) is 0.602. The Morgan fingerprint density at radius 1 is 1.80 bits per heavy atom. The average Bonchev–Trinajstić information content (AvgIpc) is 2.69. The van der Waals surface area contributed by atoms with Gasteiger partial charge in [0, 0.05) is 24.6 Å². The predicted octanol–water partition coefficient (Wildman–Crippen LogP) is 2.69. The van der Waals surface area contributed by atoms with E-state index < -0.39 is 4.92 Å². The van der Waals surface area contributed by atoms with Crippen molar-refractivity contribution in [3.05, 3.63) is 38.2 Å². The molecule has 0 aliphatic rings. The number of hydrogen-bond acceptors (Lipinski definition) is 4. The Morgan fingerprint density at radius 3 is 3.20 bits per heavy atom. The fourth-order valence-corrected chi connectivity index (χ4v) is 2.15. The predicted molar refractivity (Wildman–Crippen MR) is 58.7 cm³/mol. The van der Waals surface area contributed by atoms with Crippen LogP contribution in [0.25, 0.3) is 11.0 Å². The van der Waals surface area contributed by atoms with E-state index in [0.29, 0.717) is 5.69 Å². The van der Waals surface area contributed by atoms with Gasteiger partial charge in [-0.1, -0.05) is 11.6 Å². The number of nitrogens with zero attached hydrogens (tertiary/aromatic N) is 3. The highest BCUT2D eigenvalue weighted by Crippen LogP contribution is 2.23. The maximum absolute atomic E-state index is 10.5. The van der Waals surface area contributed by atoms with Crippen LogP contribution in [-0.2, 0) is 0 Å². The topological polar surface area (TPSA) is 60.4 Å². The van der Waals surface area contributed by atoms with Crippen LogP contribution in [0.2, 0.25) is 5.15 Å². The molecule has 0 bridgehead atoms. The third-order valence-corrected chi connectivity index (χ3v) is 2.92. The van der Waals surface area contributed by atoms with Gasteiger partial charge < -0.3 is 0 Å². The first-order valence-corrected chi connectivity index (χ1v) is 5.29. The highest BCUT2D eigenvalue weighted by atomic mass is 35.5. The molecular weight excluding hydrogens is 238 g/mol. The van der Waals surface area contributed by atoms with Crippen LogP contribution in [-0.4, -0.2) is 14.3 Å². The van der Waals surface area contributed by atoms with E-state index in [9.17, 15) is 10.1 Å². The van der Waals surface area contributed by atoms with Gasteiger partial charge in [-0.3, -0.25) is 14.5 Å². The first-order valence-electron chi connectivity index (χ1n) is 4.03. The molecule has 0 spiro atoms. The summed E-state index contributed by atoms with van der Waals surface area (Å²) in [6.45, 7) is 1.42. The number of fused-ring (bicyclic) bond motifs is 1. The molecule has 7 heteroatoms. The van der Waals surface area contributed by atoms with E-state index in [2.05, 4.69) is 4.98 Å². The van der Waals surface area contributed by atoms with Crippen LogP contribution in [0, 0.1) is 10.1 Å². The van der Waals surface area contributed by atoms with Crippen molar-refractivity contribution in [2.24, 2.45) is 0 Å². The lowest BCUT2D eigenvalue weighted by atomic mass is 10.3. The molecule has 0 saturated heterocycles. The number of nitro groups is 1. The Labute approximate surface area is 93.8 Å². The van der Waals surface area contributed by atoms with E-state index in [1.807, 2.05) is 5.38 Å². The number of aromatic nitrogens is 2. The van der Waals surface area contributed by atoms with E-state index in [1.54, 1.807) is 10.6 Å². The SMILES string of the molecule is C/C(=C/c1c(Cl)nc2sccn12)[N+](=O)[O-]. The summed E-state index contributed by atoms with van der Waals surface area (Å²) in [5, 5.41) is 12.6. The fraction of sp³-hybridized carbons (Fsp3) is 0.125. The monoisotopic (exact) mass is 243 g/mol. The third-order valence-electron chi connectivity index (χ3n) is 1.89. The summed E-state index contributed by atoms with van der Waals surface area (Å²) in [5.74, 6) is 0. The smallest absolute Gasteiger partial charge is 0.245 e. The van der Waals surface area contributed by atoms with Crippen LogP contribution >= 0.6 is 22.9 Å². The molecule has 0 atom stereocenters. The molecule has 0 fully saturated rings. The van der Waals surface area contributed by atoms with Gasteiger partial charge in [0.15, 0.2) is 10.1 Å². The average molecular weight is 244 g/mol. The zero-order chi connectivity index (χ0) is 11.0. The lowest BCUT2D eigenvalue weighted by Gasteiger charge is -1.92. The normalized spacial score (nSPS) is 12.3. The zero-order valence-corrected chi connectivity index (χ0v) is 9.25. The molecule has 0 aliphatic heterocycles. The van der Waals surface area contributed by atoms with Crippen molar-refractivity contribution in [2.75, 3.05) is 0 Å². The number of thiazole rings is 1. The summed E-state index contributed by atoms with van der Waals surface area (Å²) in [4.78, 5) is 14.8. The molecule has 2 aromatic rings. The molecule has 0 N–H and O–H groups in total. The van der Waals surface area contributed by atoms with Gasteiger partial charge in [-0.15, -0.1) is 11.3 Å².